The predicted octanol–water partition coefficient (Wildman–Crippen LogP) is 1.28. The summed E-state index contributed by atoms with van der Waals surface area (Å²) in [4.78, 5) is 4.26. The van der Waals surface area contributed by atoms with Gasteiger partial charge in [-0.2, -0.15) is 5.10 Å². The molecule has 56 valence electrons. The molecule has 0 aromatic carbocycles. The fourth-order valence-corrected chi connectivity index (χ4v) is 1.11. The highest BCUT2D eigenvalue weighted by molar-refractivity contribution is 5.73. The smallest absolute Gasteiger partial charge is 0.181 e. The van der Waals surface area contributed by atoms with Gasteiger partial charge in [0.25, 0.3) is 0 Å². The molecule has 0 aliphatic heterocycles. The van der Waals surface area contributed by atoms with Crippen molar-refractivity contribution < 1.29 is 0 Å². The Labute approximate surface area is 64.7 Å². The van der Waals surface area contributed by atoms with Gasteiger partial charge in [-0.05, 0) is 19.1 Å². The van der Waals surface area contributed by atoms with Crippen molar-refractivity contribution >= 4 is 11.0 Å². The average molecular weight is 147 g/mol. The van der Waals surface area contributed by atoms with Crippen molar-refractivity contribution in [1.82, 2.24) is 14.8 Å². The van der Waals surface area contributed by atoms with Crippen molar-refractivity contribution in [2.45, 2.75) is 6.92 Å². The monoisotopic (exact) mass is 147 g/mol. The third-order valence-electron chi connectivity index (χ3n) is 1.62. The molecule has 0 saturated carbocycles. The van der Waals surface area contributed by atoms with E-state index in [9.17, 15) is 0 Å². The minimum atomic E-state index is 0.826. The molecule has 2 aromatic heterocycles. The average Bonchev–Trinajstić information content (AvgIpc) is 2.27. The van der Waals surface area contributed by atoms with Crippen LogP contribution in [0.15, 0.2) is 18.3 Å². The molecule has 0 spiro atoms. The lowest BCUT2D eigenvalue weighted by atomic mass is 10.3. The lowest BCUT2D eigenvalue weighted by Gasteiger charge is -1.87. The van der Waals surface area contributed by atoms with E-state index in [2.05, 4.69) is 10.1 Å². The largest absolute Gasteiger partial charge is 0.273 e. The Hall–Kier alpha value is -1.38. The molecule has 2 aromatic rings. The maximum absolute atomic E-state index is 4.26. The van der Waals surface area contributed by atoms with E-state index in [0.29, 0.717) is 0 Å². The first-order chi connectivity index (χ1) is 5.25. The first-order valence-electron chi connectivity index (χ1n) is 3.53. The molecule has 0 amide bonds. The summed E-state index contributed by atoms with van der Waals surface area (Å²) < 4.78 is 1.77. The first-order valence-corrected chi connectivity index (χ1v) is 3.53. The summed E-state index contributed by atoms with van der Waals surface area (Å²) in [5.74, 6) is 0. The van der Waals surface area contributed by atoms with Gasteiger partial charge in [-0.1, -0.05) is 0 Å². The van der Waals surface area contributed by atoms with Crippen LogP contribution in [0, 0.1) is 6.92 Å². The summed E-state index contributed by atoms with van der Waals surface area (Å²) in [5.41, 5.74) is 1.84. The van der Waals surface area contributed by atoms with Crippen LogP contribution < -0.4 is 0 Å². The molecule has 0 atom stereocenters. The van der Waals surface area contributed by atoms with Gasteiger partial charge in [0.05, 0.1) is 0 Å². The molecule has 2 heterocycles. The van der Waals surface area contributed by atoms with Crippen LogP contribution >= 0.6 is 0 Å². The van der Waals surface area contributed by atoms with Gasteiger partial charge in [0.1, 0.15) is 0 Å². The van der Waals surface area contributed by atoms with Crippen LogP contribution in [0.5, 0.6) is 0 Å². The van der Waals surface area contributed by atoms with Gasteiger partial charge < -0.3 is 0 Å². The van der Waals surface area contributed by atoms with Gasteiger partial charge in [-0.3, -0.25) is 4.68 Å². The minimum Gasteiger partial charge on any atom is -0.273 e. The molecule has 2 rings (SSSR count). The van der Waals surface area contributed by atoms with Crippen LogP contribution in [0.2, 0.25) is 0 Å². The standard InChI is InChI=1S/C8H9N3/c1-6-3-4-7-5-11(2)10-8(7)9-6/h3-5H,1-2H3. The van der Waals surface area contributed by atoms with Crippen molar-refractivity contribution in [2.24, 2.45) is 7.05 Å². The highest BCUT2D eigenvalue weighted by atomic mass is 15.3. The molecule has 0 saturated heterocycles. The van der Waals surface area contributed by atoms with Crippen LogP contribution in [0.25, 0.3) is 11.0 Å². The molecule has 0 N–H and O–H groups in total. The summed E-state index contributed by atoms with van der Waals surface area (Å²) in [6, 6.07) is 4.02. The van der Waals surface area contributed by atoms with Gasteiger partial charge >= 0.3 is 0 Å². The van der Waals surface area contributed by atoms with Crippen molar-refractivity contribution in [2.75, 3.05) is 0 Å². The van der Waals surface area contributed by atoms with E-state index in [1.165, 1.54) is 0 Å². The second-order valence-corrected chi connectivity index (χ2v) is 2.67. The van der Waals surface area contributed by atoms with Crippen molar-refractivity contribution in [1.29, 1.82) is 0 Å². The molecule has 0 unspecified atom stereocenters. The van der Waals surface area contributed by atoms with E-state index in [4.69, 9.17) is 0 Å². The molecule has 0 radical (unpaired) electrons. The Bertz CT molecular complexity index is 389. The van der Waals surface area contributed by atoms with E-state index < -0.39 is 0 Å². The molecule has 0 aliphatic rings. The number of fused-ring (bicyclic) bond motifs is 1. The summed E-state index contributed by atoms with van der Waals surface area (Å²) in [6.45, 7) is 1.97. The van der Waals surface area contributed by atoms with Gasteiger partial charge in [0.15, 0.2) is 5.65 Å². The van der Waals surface area contributed by atoms with Gasteiger partial charge in [0, 0.05) is 24.3 Å². The molecular formula is C8H9N3. The van der Waals surface area contributed by atoms with Crippen molar-refractivity contribution in [3.8, 4) is 0 Å². The van der Waals surface area contributed by atoms with Crippen LogP contribution in [0.3, 0.4) is 0 Å². The fraction of sp³-hybridized carbons (Fsp3) is 0.250. The molecule has 0 bridgehead atoms. The Morgan fingerprint density at radius 1 is 1.36 bits per heavy atom. The van der Waals surface area contributed by atoms with Gasteiger partial charge in [0.2, 0.25) is 0 Å². The number of hydrogen-bond donors (Lipinski definition) is 0. The second kappa shape index (κ2) is 2.05. The van der Waals surface area contributed by atoms with Crippen LogP contribution in [-0.2, 0) is 7.05 Å². The topological polar surface area (TPSA) is 30.7 Å². The lowest BCUT2D eigenvalue weighted by Crippen LogP contribution is -1.86. The third kappa shape index (κ3) is 0.981. The normalized spacial score (nSPS) is 10.7. The molecule has 0 aliphatic carbocycles. The molecule has 3 nitrogen and oxygen atoms in total. The van der Waals surface area contributed by atoms with Crippen molar-refractivity contribution in [3.63, 3.8) is 0 Å². The summed E-state index contributed by atoms with van der Waals surface area (Å²) in [5, 5.41) is 5.28. The number of nitrogens with zero attached hydrogens (tertiary/aromatic N) is 3. The first kappa shape index (κ1) is 6.34. The Morgan fingerprint density at radius 3 is 3.00 bits per heavy atom. The Morgan fingerprint density at radius 2 is 2.18 bits per heavy atom. The Kier molecular flexibility index (Phi) is 1.18. The molecule has 11 heavy (non-hydrogen) atoms. The van der Waals surface area contributed by atoms with Gasteiger partial charge in [-0.25, -0.2) is 4.98 Å². The number of rotatable bonds is 0. The van der Waals surface area contributed by atoms with Crippen LogP contribution in [0.1, 0.15) is 5.69 Å². The zero-order chi connectivity index (χ0) is 7.84. The SMILES string of the molecule is Cc1ccc2cn(C)nc2n1. The lowest BCUT2D eigenvalue weighted by molar-refractivity contribution is 0.775. The maximum Gasteiger partial charge on any atom is 0.181 e. The number of aromatic nitrogens is 3. The van der Waals surface area contributed by atoms with Crippen molar-refractivity contribution in [3.05, 3.63) is 24.0 Å². The summed E-state index contributed by atoms with van der Waals surface area (Å²) >= 11 is 0. The second-order valence-electron chi connectivity index (χ2n) is 2.67. The summed E-state index contributed by atoms with van der Waals surface area (Å²) in [6.07, 6.45) is 1.96. The highest BCUT2D eigenvalue weighted by Gasteiger charge is 1.97. The zero-order valence-electron chi connectivity index (χ0n) is 6.57. The number of hydrogen-bond acceptors (Lipinski definition) is 2. The Balaban J connectivity index is 2.82. The van der Waals surface area contributed by atoms with E-state index in [-0.39, 0.29) is 0 Å². The molecular weight excluding hydrogens is 138 g/mol. The zero-order valence-corrected chi connectivity index (χ0v) is 6.57. The van der Waals surface area contributed by atoms with E-state index in [1.54, 1.807) is 4.68 Å². The van der Waals surface area contributed by atoms with Crippen LogP contribution in [-0.4, -0.2) is 14.8 Å². The summed E-state index contributed by atoms with van der Waals surface area (Å²) in [7, 11) is 1.90. The highest BCUT2D eigenvalue weighted by Crippen LogP contribution is 2.08. The van der Waals surface area contributed by atoms with E-state index >= 15 is 0 Å². The third-order valence-corrected chi connectivity index (χ3v) is 1.62. The van der Waals surface area contributed by atoms with Gasteiger partial charge in [-0.15, -0.1) is 0 Å². The maximum atomic E-state index is 4.26. The fourth-order valence-electron chi connectivity index (χ4n) is 1.11. The van der Waals surface area contributed by atoms with E-state index in [1.807, 2.05) is 32.3 Å². The molecule has 0 fully saturated rings. The van der Waals surface area contributed by atoms with E-state index in [0.717, 1.165) is 16.7 Å². The quantitative estimate of drug-likeness (QED) is 0.562. The minimum absolute atomic E-state index is 0.826. The molecule has 3 heteroatoms. The predicted molar refractivity (Wildman–Crippen MR) is 43.2 cm³/mol. The number of aryl methyl sites for hydroxylation is 2. The van der Waals surface area contributed by atoms with Crippen LogP contribution in [0.4, 0.5) is 0 Å². The number of pyridine rings is 1.